The van der Waals surface area contributed by atoms with Crippen LogP contribution >= 0.6 is 11.6 Å². The highest BCUT2D eigenvalue weighted by Gasteiger charge is 2.23. The minimum atomic E-state index is -1.33. The van der Waals surface area contributed by atoms with E-state index in [-0.39, 0.29) is 11.4 Å². The fourth-order valence-corrected chi connectivity index (χ4v) is 1.20. The van der Waals surface area contributed by atoms with E-state index >= 15 is 0 Å². The highest BCUT2D eigenvalue weighted by atomic mass is 35.5. The van der Waals surface area contributed by atoms with Gasteiger partial charge in [-0.25, -0.2) is 4.39 Å². The third kappa shape index (κ3) is 2.22. The van der Waals surface area contributed by atoms with Gasteiger partial charge >= 0.3 is 0 Å². The fraction of sp³-hybridized carbons (Fsp3) is 0.300. The molecule has 0 saturated heterocycles. The van der Waals surface area contributed by atoms with Crippen LogP contribution in [0.2, 0.25) is 5.02 Å². The van der Waals surface area contributed by atoms with Crippen LogP contribution in [0.4, 0.5) is 4.39 Å². The van der Waals surface area contributed by atoms with E-state index in [9.17, 15) is 9.50 Å². The Balaban J connectivity index is 3.09. The molecule has 4 heteroatoms. The van der Waals surface area contributed by atoms with Crippen molar-refractivity contribution in [1.82, 2.24) is 0 Å². The number of rotatable bonds is 2. The normalized spacial score (nSPS) is 14.5. The Morgan fingerprint density at radius 3 is 2.79 bits per heavy atom. The van der Waals surface area contributed by atoms with Crippen LogP contribution in [0.25, 0.3) is 0 Å². The Morgan fingerprint density at radius 2 is 2.29 bits per heavy atom. The molecule has 1 N–H and O–H groups in total. The van der Waals surface area contributed by atoms with E-state index in [2.05, 4.69) is 0 Å². The van der Waals surface area contributed by atoms with Gasteiger partial charge in [0.2, 0.25) is 0 Å². The van der Waals surface area contributed by atoms with Gasteiger partial charge < -0.3 is 5.11 Å². The minimum Gasteiger partial charge on any atom is -0.384 e. The molecule has 14 heavy (non-hydrogen) atoms. The standard InChI is InChI=1S/C10H9ClFNO/c1-10(14,4-5-13)7-2-3-8(11)9(12)6-7/h2-3,6,14H,4H2,1H3. The van der Waals surface area contributed by atoms with E-state index in [4.69, 9.17) is 16.9 Å². The van der Waals surface area contributed by atoms with Gasteiger partial charge in [0.15, 0.2) is 0 Å². The minimum absolute atomic E-state index is 0.00140. The van der Waals surface area contributed by atoms with Crippen LogP contribution in [-0.4, -0.2) is 5.11 Å². The van der Waals surface area contributed by atoms with Gasteiger partial charge in [0, 0.05) is 0 Å². The molecular formula is C10H9ClFNO. The second-order valence-electron chi connectivity index (χ2n) is 3.24. The maximum atomic E-state index is 13.0. The smallest absolute Gasteiger partial charge is 0.142 e. The number of hydrogen-bond acceptors (Lipinski definition) is 2. The first kappa shape index (κ1) is 11.0. The highest BCUT2D eigenvalue weighted by Crippen LogP contribution is 2.26. The number of aliphatic hydroxyl groups is 1. The number of halogens is 2. The van der Waals surface area contributed by atoms with Gasteiger partial charge in [-0.1, -0.05) is 17.7 Å². The third-order valence-corrected chi connectivity index (χ3v) is 2.27. The molecule has 1 rings (SSSR count). The van der Waals surface area contributed by atoms with E-state index in [1.807, 2.05) is 6.07 Å². The average Bonchev–Trinajstić information content (AvgIpc) is 2.09. The quantitative estimate of drug-likeness (QED) is 0.821. The molecule has 1 unspecified atom stereocenters. The Hall–Kier alpha value is -1.11. The molecule has 0 aliphatic heterocycles. The maximum Gasteiger partial charge on any atom is 0.142 e. The van der Waals surface area contributed by atoms with E-state index in [0.717, 1.165) is 6.07 Å². The molecular weight excluding hydrogens is 205 g/mol. The first-order chi connectivity index (χ1) is 6.47. The van der Waals surface area contributed by atoms with Crippen molar-refractivity contribution < 1.29 is 9.50 Å². The van der Waals surface area contributed by atoms with Crippen LogP contribution in [0.1, 0.15) is 18.9 Å². The Kier molecular flexibility index (Phi) is 3.10. The maximum absolute atomic E-state index is 13.0. The summed E-state index contributed by atoms with van der Waals surface area (Å²) >= 11 is 5.49. The number of hydrogen-bond donors (Lipinski definition) is 1. The van der Waals surface area contributed by atoms with Gasteiger partial charge in [-0.2, -0.15) is 5.26 Å². The summed E-state index contributed by atoms with van der Waals surface area (Å²) in [4.78, 5) is 0. The Labute approximate surface area is 86.5 Å². The molecule has 0 saturated carbocycles. The fourth-order valence-electron chi connectivity index (χ4n) is 1.09. The van der Waals surface area contributed by atoms with E-state index in [1.165, 1.54) is 19.1 Å². The first-order valence-corrected chi connectivity index (χ1v) is 4.40. The molecule has 0 spiro atoms. The zero-order valence-electron chi connectivity index (χ0n) is 7.59. The predicted molar refractivity (Wildman–Crippen MR) is 51.2 cm³/mol. The summed E-state index contributed by atoms with van der Waals surface area (Å²) in [5.74, 6) is -0.595. The van der Waals surface area contributed by atoms with Gasteiger partial charge in [-0.15, -0.1) is 0 Å². The van der Waals surface area contributed by atoms with Crippen molar-refractivity contribution in [3.8, 4) is 6.07 Å². The van der Waals surface area contributed by atoms with Gasteiger partial charge in [0.05, 0.1) is 23.1 Å². The summed E-state index contributed by atoms with van der Waals surface area (Å²) in [5, 5.41) is 18.2. The lowest BCUT2D eigenvalue weighted by molar-refractivity contribution is 0.0621. The summed E-state index contributed by atoms with van der Waals surface area (Å²) in [7, 11) is 0. The SMILES string of the molecule is CC(O)(CC#N)c1ccc(Cl)c(F)c1. The molecule has 0 amide bonds. The second-order valence-corrected chi connectivity index (χ2v) is 3.64. The first-order valence-electron chi connectivity index (χ1n) is 4.02. The zero-order chi connectivity index (χ0) is 10.8. The van der Waals surface area contributed by atoms with Crippen molar-refractivity contribution in [2.45, 2.75) is 18.9 Å². The third-order valence-electron chi connectivity index (χ3n) is 1.96. The number of nitriles is 1. The molecule has 1 aromatic rings. The molecule has 74 valence electrons. The van der Waals surface area contributed by atoms with Crippen LogP contribution < -0.4 is 0 Å². The van der Waals surface area contributed by atoms with Crippen molar-refractivity contribution in [3.05, 3.63) is 34.6 Å². The average molecular weight is 214 g/mol. The Bertz CT molecular complexity index is 384. The van der Waals surface area contributed by atoms with Crippen molar-refractivity contribution in [2.75, 3.05) is 0 Å². The largest absolute Gasteiger partial charge is 0.384 e. The molecule has 0 fully saturated rings. The van der Waals surface area contributed by atoms with E-state index in [1.54, 1.807) is 0 Å². The van der Waals surface area contributed by atoms with Gasteiger partial charge in [0.25, 0.3) is 0 Å². The zero-order valence-corrected chi connectivity index (χ0v) is 8.35. The van der Waals surface area contributed by atoms with Gasteiger partial charge in [0.1, 0.15) is 5.82 Å². The molecule has 1 atom stereocenters. The van der Waals surface area contributed by atoms with Crippen LogP contribution in [0.5, 0.6) is 0 Å². The molecule has 1 aromatic carbocycles. The summed E-state index contributed by atoms with van der Waals surface area (Å²) in [6.07, 6.45) is -0.0892. The van der Waals surface area contributed by atoms with Crippen molar-refractivity contribution in [3.63, 3.8) is 0 Å². The van der Waals surface area contributed by atoms with Crippen LogP contribution in [0, 0.1) is 17.1 Å². The van der Waals surface area contributed by atoms with Crippen molar-refractivity contribution in [1.29, 1.82) is 5.26 Å². The van der Waals surface area contributed by atoms with E-state index in [0.29, 0.717) is 5.56 Å². The molecule has 0 bridgehead atoms. The summed E-state index contributed by atoms with van der Waals surface area (Å²) < 4.78 is 13.0. The second kappa shape index (κ2) is 3.95. The lowest BCUT2D eigenvalue weighted by Gasteiger charge is -2.20. The number of nitrogens with zero attached hydrogens (tertiary/aromatic N) is 1. The summed E-state index contributed by atoms with van der Waals surface area (Å²) in [6, 6.07) is 5.84. The molecule has 0 aromatic heterocycles. The van der Waals surface area contributed by atoms with Crippen molar-refractivity contribution in [2.24, 2.45) is 0 Å². The molecule has 2 nitrogen and oxygen atoms in total. The molecule has 0 radical (unpaired) electrons. The van der Waals surface area contributed by atoms with Crippen LogP contribution in [0.3, 0.4) is 0 Å². The summed E-state index contributed by atoms with van der Waals surface area (Å²) in [6.45, 7) is 1.46. The summed E-state index contributed by atoms with van der Waals surface area (Å²) in [5.41, 5.74) is -0.985. The van der Waals surface area contributed by atoms with Crippen LogP contribution in [0.15, 0.2) is 18.2 Å². The molecule has 0 aliphatic carbocycles. The van der Waals surface area contributed by atoms with Gasteiger partial charge in [-0.05, 0) is 24.6 Å². The topological polar surface area (TPSA) is 44.0 Å². The number of benzene rings is 1. The highest BCUT2D eigenvalue weighted by molar-refractivity contribution is 6.30. The molecule has 0 heterocycles. The Morgan fingerprint density at radius 1 is 1.64 bits per heavy atom. The van der Waals surface area contributed by atoms with E-state index < -0.39 is 11.4 Å². The predicted octanol–water partition coefficient (Wildman–Crippen LogP) is 2.60. The van der Waals surface area contributed by atoms with Crippen LogP contribution in [-0.2, 0) is 5.60 Å². The lowest BCUT2D eigenvalue weighted by atomic mass is 9.93. The lowest BCUT2D eigenvalue weighted by Crippen LogP contribution is -2.20. The molecule has 0 aliphatic rings. The van der Waals surface area contributed by atoms with Gasteiger partial charge in [-0.3, -0.25) is 0 Å². The monoisotopic (exact) mass is 213 g/mol. The van der Waals surface area contributed by atoms with Crippen molar-refractivity contribution >= 4 is 11.6 Å².